The maximum Gasteiger partial charge on any atom is 0.488 e. The Morgan fingerprint density at radius 3 is 1.43 bits per heavy atom. The molecule has 0 bridgehead atoms. The number of rotatable bonds is 10. The fourth-order valence-corrected chi connectivity index (χ4v) is 3.74. The summed E-state index contributed by atoms with van der Waals surface area (Å²) in [6, 6.07) is 23.3. The molecule has 0 heterocycles. The van der Waals surface area contributed by atoms with Crippen LogP contribution in [-0.4, -0.2) is 42.3 Å². The Morgan fingerprint density at radius 2 is 1.00 bits per heavy atom. The first-order valence-electron chi connectivity index (χ1n) is 12.6. The number of ether oxygens (including phenoxy) is 4. The van der Waals surface area contributed by atoms with E-state index in [1.807, 2.05) is 19.1 Å². The average molecular weight is 540 g/mol. The fourth-order valence-electron chi connectivity index (χ4n) is 3.74. The van der Waals surface area contributed by atoms with Gasteiger partial charge in [-0.15, -0.1) is 0 Å². The normalized spacial score (nSPS) is 10.5. The Hall–Kier alpha value is -4.60. The van der Waals surface area contributed by atoms with E-state index in [9.17, 15) is 9.59 Å². The third-order valence-electron chi connectivity index (χ3n) is 6.27. The molecule has 0 aliphatic rings. The van der Waals surface area contributed by atoms with Crippen molar-refractivity contribution >= 4 is 24.5 Å². The van der Waals surface area contributed by atoms with Gasteiger partial charge in [-0.05, 0) is 98.0 Å². The molecule has 4 rings (SSSR count). The first kappa shape index (κ1) is 28.4. The van der Waals surface area contributed by atoms with Crippen molar-refractivity contribution in [2.75, 3.05) is 13.2 Å². The zero-order valence-electron chi connectivity index (χ0n) is 22.4. The minimum Gasteiger partial charge on any atom is -0.490 e. The molecular weight excluding hydrogens is 511 g/mol. The van der Waals surface area contributed by atoms with E-state index in [0.29, 0.717) is 50.7 Å². The van der Waals surface area contributed by atoms with Gasteiger partial charge in [-0.1, -0.05) is 29.8 Å². The summed E-state index contributed by atoms with van der Waals surface area (Å²) in [4.78, 5) is 25.3. The number of carbonyl (C=O) groups excluding carboxylic acids is 2. The van der Waals surface area contributed by atoms with Crippen molar-refractivity contribution in [3.05, 3.63) is 113 Å². The Kier molecular flexibility index (Phi) is 9.21. The van der Waals surface area contributed by atoms with Crippen LogP contribution in [0.2, 0.25) is 0 Å². The minimum absolute atomic E-state index is 0.271. The van der Waals surface area contributed by atoms with E-state index in [2.05, 4.69) is 0 Å². The topological polar surface area (TPSA) is 112 Å². The van der Waals surface area contributed by atoms with E-state index in [1.165, 1.54) is 0 Å². The van der Waals surface area contributed by atoms with E-state index in [0.717, 1.165) is 5.56 Å². The van der Waals surface area contributed by atoms with E-state index in [4.69, 9.17) is 29.0 Å². The zero-order chi connectivity index (χ0) is 28.6. The molecule has 0 fully saturated rings. The molecule has 40 heavy (non-hydrogen) atoms. The smallest absolute Gasteiger partial charge is 0.488 e. The molecule has 4 aromatic rings. The van der Waals surface area contributed by atoms with Crippen molar-refractivity contribution in [3.8, 4) is 23.0 Å². The lowest BCUT2D eigenvalue weighted by atomic mass is 9.80. The monoisotopic (exact) mass is 540 g/mol. The molecule has 0 amide bonds. The lowest BCUT2D eigenvalue weighted by molar-refractivity contribution is 0.0717. The predicted octanol–water partition coefficient (Wildman–Crippen LogP) is 4.19. The van der Waals surface area contributed by atoms with Crippen LogP contribution in [0.5, 0.6) is 23.0 Å². The third-order valence-corrected chi connectivity index (χ3v) is 6.27. The lowest BCUT2D eigenvalue weighted by Crippen LogP contribution is -2.29. The second-order valence-corrected chi connectivity index (χ2v) is 9.12. The van der Waals surface area contributed by atoms with Crippen LogP contribution < -0.4 is 24.4 Å². The van der Waals surface area contributed by atoms with Gasteiger partial charge >= 0.3 is 19.1 Å². The summed E-state index contributed by atoms with van der Waals surface area (Å²) in [5, 5.41) is 18.3. The molecule has 0 atom stereocenters. The van der Waals surface area contributed by atoms with Crippen LogP contribution in [0.4, 0.5) is 0 Å². The number of hydrogen-bond acceptors (Lipinski definition) is 8. The SMILES string of the molecule is Cc1ccc(C(=O)Oc2ccc(OC(=O)c3ccc(OCCOc4ccc(B(O)O)cc4)cc3)c(C)c2C)cc1. The number of esters is 2. The largest absolute Gasteiger partial charge is 0.490 e. The molecule has 0 unspecified atom stereocenters. The van der Waals surface area contributed by atoms with Gasteiger partial charge in [0, 0.05) is 0 Å². The number of carbonyl (C=O) groups is 2. The molecule has 0 saturated carbocycles. The summed E-state index contributed by atoms with van der Waals surface area (Å²) in [7, 11) is -1.52. The molecule has 9 heteroatoms. The van der Waals surface area contributed by atoms with Gasteiger partial charge in [-0.3, -0.25) is 0 Å². The van der Waals surface area contributed by atoms with Gasteiger partial charge in [0.25, 0.3) is 0 Å². The highest BCUT2D eigenvalue weighted by Crippen LogP contribution is 2.30. The second-order valence-electron chi connectivity index (χ2n) is 9.12. The van der Waals surface area contributed by atoms with E-state index >= 15 is 0 Å². The molecule has 0 saturated heterocycles. The van der Waals surface area contributed by atoms with Crippen LogP contribution in [0.1, 0.15) is 37.4 Å². The predicted molar refractivity (Wildman–Crippen MR) is 151 cm³/mol. The molecule has 0 radical (unpaired) electrons. The van der Waals surface area contributed by atoms with Crippen LogP contribution in [0.3, 0.4) is 0 Å². The molecule has 2 N–H and O–H groups in total. The molecule has 0 aliphatic carbocycles. The molecule has 8 nitrogen and oxygen atoms in total. The highest BCUT2D eigenvalue weighted by Gasteiger charge is 2.16. The van der Waals surface area contributed by atoms with Crippen LogP contribution in [-0.2, 0) is 0 Å². The average Bonchev–Trinajstić information content (AvgIpc) is 2.96. The summed E-state index contributed by atoms with van der Waals surface area (Å²) in [5.74, 6) is 0.919. The standard InChI is InChI=1S/C31H29BO8/c1-20-4-6-23(7-5-20)30(33)39-28-16-17-29(22(3)21(28)2)40-31(34)24-8-12-26(13-9-24)37-18-19-38-27-14-10-25(11-15-27)32(35)36/h4-17,35-36H,18-19H2,1-3H3. The van der Waals surface area contributed by atoms with Crippen molar-refractivity contribution in [2.45, 2.75) is 20.8 Å². The maximum atomic E-state index is 12.7. The van der Waals surface area contributed by atoms with Crippen molar-refractivity contribution in [2.24, 2.45) is 0 Å². The van der Waals surface area contributed by atoms with Gasteiger partial charge in [0.1, 0.15) is 36.2 Å². The first-order valence-corrected chi connectivity index (χ1v) is 12.6. The van der Waals surface area contributed by atoms with Crippen LogP contribution in [0.15, 0.2) is 84.9 Å². The third kappa shape index (κ3) is 7.28. The number of aryl methyl sites for hydroxylation is 1. The van der Waals surface area contributed by atoms with E-state index < -0.39 is 19.1 Å². The van der Waals surface area contributed by atoms with Crippen LogP contribution >= 0.6 is 0 Å². The number of benzene rings is 4. The molecule has 4 aromatic carbocycles. The van der Waals surface area contributed by atoms with Crippen molar-refractivity contribution in [1.29, 1.82) is 0 Å². The molecule has 0 aliphatic heterocycles. The Balaban J connectivity index is 1.29. The molecule has 0 spiro atoms. The van der Waals surface area contributed by atoms with Gasteiger partial charge in [-0.25, -0.2) is 9.59 Å². The second kappa shape index (κ2) is 13.0. The Morgan fingerprint density at radius 1 is 0.600 bits per heavy atom. The summed E-state index contributed by atoms with van der Waals surface area (Å²) in [6.45, 7) is 6.09. The van der Waals surface area contributed by atoms with Crippen molar-refractivity contribution in [1.82, 2.24) is 0 Å². The lowest BCUT2D eigenvalue weighted by Gasteiger charge is -2.14. The highest BCUT2D eigenvalue weighted by atomic mass is 16.5. The van der Waals surface area contributed by atoms with Crippen LogP contribution in [0.25, 0.3) is 0 Å². The number of hydrogen-bond donors (Lipinski definition) is 2. The van der Waals surface area contributed by atoms with Gasteiger partial charge in [0.05, 0.1) is 11.1 Å². The Bertz CT molecular complexity index is 1460. The maximum absolute atomic E-state index is 12.7. The van der Waals surface area contributed by atoms with Gasteiger partial charge in [0.15, 0.2) is 0 Å². The van der Waals surface area contributed by atoms with Gasteiger partial charge in [0.2, 0.25) is 0 Å². The fraction of sp³-hybridized carbons (Fsp3) is 0.161. The minimum atomic E-state index is -1.52. The van der Waals surface area contributed by atoms with E-state index in [-0.39, 0.29) is 13.2 Å². The summed E-state index contributed by atoms with van der Waals surface area (Å²) in [5.41, 5.74) is 3.61. The van der Waals surface area contributed by atoms with Crippen molar-refractivity contribution in [3.63, 3.8) is 0 Å². The highest BCUT2D eigenvalue weighted by molar-refractivity contribution is 6.58. The molecular formula is C31H29BO8. The molecule has 204 valence electrons. The Labute approximate surface area is 232 Å². The van der Waals surface area contributed by atoms with Gasteiger partial charge < -0.3 is 29.0 Å². The van der Waals surface area contributed by atoms with Gasteiger partial charge in [-0.2, -0.15) is 0 Å². The summed E-state index contributed by atoms with van der Waals surface area (Å²) < 4.78 is 22.4. The summed E-state index contributed by atoms with van der Waals surface area (Å²) in [6.07, 6.45) is 0. The zero-order valence-corrected chi connectivity index (χ0v) is 22.4. The molecule has 0 aromatic heterocycles. The van der Waals surface area contributed by atoms with E-state index in [1.54, 1.807) is 86.6 Å². The van der Waals surface area contributed by atoms with Crippen LogP contribution in [0, 0.1) is 20.8 Å². The first-order chi connectivity index (χ1) is 19.2. The van der Waals surface area contributed by atoms with Crippen molar-refractivity contribution < 1.29 is 38.6 Å². The quantitative estimate of drug-likeness (QED) is 0.133. The summed E-state index contributed by atoms with van der Waals surface area (Å²) >= 11 is 0.